The number of nitrogens with one attached hydrogen (secondary N) is 1. The maximum absolute atomic E-state index is 15.5. The van der Waals surface area contributed by atoms with Crippen LogP contribution in [0.1, 0.15) is 46.4 Å². The normalized spacial score (nSPS) is 14.1. The van der Waals surface area contributed by atoms with Crippen LogP contribution in [0.2, 0.25) is 5.02 Å². The van der Waals surface area contributed by atoms with Gasteiger partial charge in [-0.3, -0.25) is 19.1 Å². The number of rotatable bonds is 14. The van der Waals surface area contributed by atoms with Crippen LogP contribution in [0.3, 0.4) is 0 Å². The van der Waals surface area contributed by atoms with Crippen LogP contribution in [0, 0.1) is 17.6 Å². The number of nitrogens with zero attached hydrogens (tertiary/aromatic N) is 7. The molecule has 20 heteroatoms. The van der Waals surface area contributed by atoms with Crippen LogP contribution in [-0.2, 0) is 29.3 Å². The molecule has 0 saturated carbocycles. The molecule has 5 rings (SSSR count). The molecule has 1 atom stereocenters. The van der Waals surface area contributed by atoms with Crippen molar-refractivity contribution in [2.45, 2.75) is 39.1 Å². The molecule has 1 fully saturated rings. The van der Waals surface area contributed by atoms with Crippen molar-refractivity contribution in [2.24, 2.45) is 13.0 Å². The number of halogens is 8. The molecule has 0 radical (unpaired) electrons. The number of carbonyl (C=O) groups is 3. The first-order chi connectivity index (χ1) is 26.9. The van der Waals surface area contributed by atoms with E-state index in [2.05, 4.69) is 20.1 Å². The summed E-state index contributed by atoms with van der Waals surface area (Å²) < 4.78 is 103. The number of imidazole rings is 1. The number of aromatic nitrogens is 4. The van der Waals surface area contributed by atoms with Crippen molar-refractivity contribution >= 4 is 35.0 Å². The van der Waals surface area contributed by atoms with Crippen LogP contribution in [0.25, 0.3) is 22.4 Å². The summed E-state index contributed by atoms with van der Waals surface area (Å²) >= 11 is 6.48. The van der Waals surface area contributed by atoms with Gasteiger partial charge in [0, 0.05) is 67.7 Å². The fourth-order valence-corrected chi connectivity index (χ4v) is 6.69. The number of piperazine rings is 1. The van der Waals surface area contributed by atoms with Crippen molar-refractivity contribution in [3.05, 3.63) is 76.5 Å². The molecule has 12 nitrogen and oxygen atoms in total. The Hall–Kier alpha value is -5.01. The zero-order chi connectivity index (χ0) is 41.8. The molecule has 4 aromatic rings. The van der Waals surface area contributed by atoms with Gasteiger partial charge in [0.05, 0.1) is 35.6 Å². The minimum Gasteiger partial charge on any atom is -0.339 e. The maximum Gasteiger partial charge on any atom is 0.435 e. The van der Waals surface area contributed by atoms with Crippen LogP contribution in [-0.4, -0.2) is 112 Å². The lowest BCUT2D eigenvalue weighted by Crippen LogP contribution is -2.52. The average molecular weight is 829 g/mol. The van der Waals surface area contributed by atoms with Gasteiger partial charge in [-0.05, 0) is 57.7 Å². The SMILES string of the molecule is CCC(CCN(C)C)C(=O)N1CCN(C(=O)c2ccc(NC(=O)c3ncc(-c4ccc(-c5cn(CCOC(F)F)nc5C(F)(F)F)c(F)c4F)n3C)cc2Cl)CC1. The number of benzene rings is 2. The van der Waals surface area contributed by atoms with E-state index in [1.165, 1.54) is 25.2 Å². The van der Waals surface area contributed by atoms with Crippen molar-refractivity contribution in [2.75, 3.05) is 58.7 Å². The van der Waals surface area contributed by atoms with Gasteiger partial charge in [0.25, 0.3) is 11.8 Å². The molecule has 308 valence electrons. The summed E-state index contributed by atoms with van der Waals surface area (Å²) in [6.45, 7) is -0.206. The highest BCUT2D eigenvalue weighted by Gasteiger charge is 2.39. The second-order valence-electron chi connectivity index (χ2n) is 13.6. The minimum absolute atomic E-state index is 0.0462. The summed E-state index contributed by atoms with van der Waals surface area (Å²) in [7, 11) is 5.25. The molecule has 57 heavy (non-hydrogen) atoms. The third kappa shape index (κ3) is 9.93. The number of anilines is 1. The zero-order valence-corrected chi connectivity index (χ0v) is 32.1. The Kier molecular flexibility index (Phi) is 13.7. The van der Waals surface area contributed by atoms with Crippen molar-refractivity contribution in [1.82, 2.24) is 34.0 Å². The van der Waals surface area contributed by atoms with Gasteiger partial charge in [0.15, 0.2) is 23.2 Å². The monoisotopic (exact) mass is 828 g/mol. The summed E-state index contributed by atoms with van der Waals surface area (Å²) in [5, 5.41) is 5.96. The second kappa shape index (κ2) is 18.1. The molecular weight excluding hydrogens is 789 g/mol. The van der Waals surface area contributed by atoms with Gasteiger partial charge in [0.2, 0.25) is 5.91 Å². The van der Waals surface area contributed by atoms with Gasteiger partial charge in [-0.2, -0.15) is 27.1 Å². The highest BCUT2D eigenvalue weighted by atomic mass is 35.5. The first kappa shape index (κ1) is 43.1. The van der Waals surface area contributed by atoms with Crippen LogP contribution in [0.5, 0.6) is 0 Å². The number of amides is 3. The van der Waals surface area contributed by atoms with E-state index in [0.29, 0.717) is 30.9 Å². The van der Waals surface area contributed by atoms with Crippen LogP contribution in [0.15, 0.2) is 42.7 Å². The lowest BCUT2D eigenvalue weighted by molar-refractivity contribution is -0.142. The molecule has 3 heterocycles. The lowest BCUT2D eigenvalue weighted by atomic mass is 10.00. The van der Waals surface area contributed by atoms with E-state index in [1.807, 2.05) is 25.9 Å². The highest BCUT2D eigenvalue weighted by molar-refractivity contribution is 6.34. The molecule has 1 saturated heterocycles. The fourth-order valence-electron chi connectivity index (χ4n) is 6.43. The maximum atomic E-state index is 15.5. The van der Waals surface area contributed by atoms with Crippen molar-refractivity contribution < 1.29 is 49.9 Å². The van der Waals surface area contributed by atoms with Crippen molar-refractivity contribution in [1.29, 1.82) is 0 Å². The van der Waals surface area contributed by atoms with E-state index in [9.17, 15) is 36.3 Å². The Labute approximate surface area is 328 Å². The molecule has 1 aliphatic heterocycles. The summed E-state index contributed by atoms with van der Waals surface area (Å²) in [6.07, 6.45) is -1.81. The Balaban J connectivity index is 1.26. The Morgan fingerprint density at radius 2 is 1.63 bits per heavy atom. The van der Waals surface area contributed by atoms with E-state index in [0.717, 1.165) is 48.5 Å². The third-order valence-corrected chi connectivity index (χ3v) is 9.85. The van der Waals surface area contributed by atoms with Crippen molar-refractivity contribution in [3.63, 3.8) is 0 Å². The van der Waals surface area contributed by atoms with Gasteiger partial charge in [0.1, 0.15) is 0 Å². The Bertz CT molecular complexity index is 2100. The lowest BCUT2D eigenvalue weighted by Gasteiger charge is -2.36. The van der Waals surface area contributed by atoms with E-state index in [4.69, 9.17) is 11.6 Å². The molecular formula is C37H40ClF7N8O4. The number of alkyl halides is 5. The van der Waals surface area contributed by atoms with E-state index < -0.39 is 65.9 Å². The van der Waals surface area contributed by atoms with E-state index in [-0.39, 0.29) is 45.5 Å². The number of hydrogen-bond acceptors (Lipinski definition) is 7. The molecule has 3 amide bonds. The smallest absolute Gasteiger partial charge is 0.339 e. The minimum atomic E-state index is -5.10. The predicted octanol–water partition coefficient (Wildman–Crippen LogP) is 6.65. The number of ether oxygens (including phenoxy) is 1. The molecule has 0 bridgehead atoms. The molecule has 1 unspecified atom stereocenters. The summed E-state index contributed by atoms with van der Waals surface area (Å²) in [5.74, 6) is -4.61. The number of hydrogen-bond donors (Lipinski definition) is 1. The van der Waals surface area contributed by atoms with Crippen molar-refractivity contribution in [3.8, 4) is 22.4 Å². The van der Waals surface area contributed by atoms with E-state index in [1.54, 1.807) is 9.80 Å². The molecule has 0 spiro atoms. The topological polar surface area (TPSA) is 118 Å². The first-order valence-corrected chi connectivity index (χ1v) is 18.2. The van der Waals surface area contributed by atoms with Crippen LogP contribution < -0.4 is 5.32 Å². The standard InChI is InChI=1S/C37H40ClF7N8O4/c1-5-21(10-11-49(2)3)34(55)51-12-14-52(15-13-51)35(56)24-7-6-22(18-27(24)38)47-33(54)32-46-19-28(50(32)4)25-9-8-23(29(39)30(25)40)26-20-53(16-17-57-36(41)42)48-31(26)37(43,44)45/h6-9,18-21,36H,5,10-17H2,1-4H3,(H,47,54). The molecule has 1 N–H and O–H groups in total. The molecule has 2 aromatic heterocycles. The Morgan fingerprint density at radius 1 is 0.982 bits per heavy atom. The predicted molar refractivity (Wildman–Crippen MR) is 196 cm³/mol. The van der Waals surface area contributed by atoms with E-state index >= 15 is 8.78 Å². The highest BCUT2D eigenvalue weighted by Crippen LogP contribution is 2.39. The Morgan fingerprint density at radius 3 is 2.25 bits per heavy atom. The molecule has 2 aromatic carbocycles. The van der Waals surface area contributed by atoms with Gasteiger partial charge >= 0.3 is 12.8 Å². The molecule has 0 aliphatic carbocycles. The van der Waals surface area contributed by atoms with Crippen LogP contribution >= 0.6 is 11.6 Å². The fraction of sp³-hybridized carbons (Fsp3) is 0.432. The summed E-state index contributed by atoms with van der Waals surface area (Å²) in [5.41, 5.74) is -3.34. The van der Waals surface area contributed by atoms with Crippen LogP contribution in [0.4, 0.5) is 36.4 Å². The average Bonchev–Trinajstić information content (AvgIpc) is 3.76. The zero-order valence-electron chi connectivity index (χ0n) is 31.3. The first-order valence-electron chi connectivity index (χ1n) is 17.8. The van der Waals surface area contributed by atoms with Gasteiger partial charge in [-0.15, -0.1) is 0 Å². The van der Waals surface area contributed by atoms with Gasteiger partial charge < -0.3 is 29.3 Å². The third-order valence-electron chi connectivity index (χ3n) is 9.54. The summed E-state index contributed by atoms with van der Waals surface area (Å²) in [4.78, 5) is 49.1. The van der Waals surface area contributed by atoms with Gasteiger partial charge in [-0.1, -0.05) is 24.6 Å². The largest absolute Gasteiger partial charge is 0.435 e. The summed E-state index contributed by atoms with van der Waals surface area (Å²) in [6, 6.07) is 6.16. The quantitative estimate of drug-likeness (QED) is 0.142. The second-order valence-corrected chi connectivity index (χ2v) is 14.0. The number of carbonyl (C=O) groups excluding carboxylic acids is 3. The van der Waals surface area contributed by atoms with Gasteiger partial charge in [-0.25, -0.2) is 13.8 Å². The molecule has 1 aliphatic rings.